The average Bonchev–Trinajstić information content (AvgIpc) is 2.89. The van der Waals surface area contributed by atoms with Crippen molar-refractivity contribution in [3.05, 3.63) is 59.5 Å². The molecule has 0 saturated carbocycles. The number of alkyl halides is 1. The van der Waals surface area contributed by atoms with Crippen LogP contribution >= 0.6 is 11.6 Å². The highest BCUT2D eigenvalue weighted by Crippen LogP contribution is 2.07. The fraction of sp³-hybridized carbons (Fsp3) is 0.154. The van der Waals surface area contributed by atoms with Crippen LogP contribution in [0, 0.1) is 0 Å². The molecule has 0 aliphatic heterocycles. The van der Waals surface area contributed by atoms with Crippen molar-refractivity contribution in [2.24, 2.45) is 0 Å². The zero-order chi connectivity index (χ0) is 12.1. The monoisotopic (exact) mass is 249 g/mol. The number of rotatable bonds is 4. The van der Waals surface area contributed by atoms with E-state index in [1.165, 1.54) is 0 Å². The van der Waals surface area contributed by atoms with Gasteiger partial charge >= 0.3 is 0 Å². The van der Waals surface area contributed by atoms with Crippen molar-refractivity contribution in [1.29, 1.82) is 0 Å². The fourth-order valence-corrected chi connectivity index (χ4v) is 1.61. The van der Waals surface area contributed by atoms with Crippen LogP contribution in [0.4, 0.5) is 0 Å². The third-order valence-electron chi connectivity index (χ3n) is 2.37. The molecule has 0 aliphatic carbocycles. The highest BCUT2D eigenvalue weighted by Gasteiger charge is 2.05. The Morgan fingerprint density at radius 1 is 1.24 bits per heavy atom. The van der Waals surface area contributed by atoms with Gasteiger partial charge in [0.25, 0.3) is 5.91 Å². The molecular formula is C13H12ClNO2. The lowest BCUT2D eigenvalue weighted by Gasteiger charge is -2.03. The second kappa shape index (κ2) is 5.55. The first-order valence-electron chi connectivity index (χ1n) is 5.25. The molecule has 1 aromatic carbocycles. The van der Waals surface area contributed by atoms with Crippen LogP contribution in [0.1, 0.15) is 21.7 Å². The summed E-state index contributed by atoms with van der Waals surface area (Å²) in [5.74, 6) is 1.06. The summed E-state index contributed by atoms with van der Waals surface area (Å²) in [6.45, 7) is 0.392. The largest absolute Gasteiger partial charge is 0.467 e. The van der Waals surface area contributed by atoms with Crippen molar-refractivity contribution < 1.29 is 9.21 Å². The number of nitrogens with one attached hydrogen (secondary N) is 1. The van der Waals surface area contributed by atoms with Crippen LogP contribution in [0.2, 0.25) is 0 Å². The van der Waals surface area contributed by atoms with Crippen molar-refractivity contribution in [3.8, 4) is 0 Å². The summed E-state index contributed by atoms with van der Waals surface area (Å²) >= 11 is 5.67. The summed E-state index contributed by atoms with van der Waals surface area (Å²) in [7, 11) is 0. The summed E-state index contributed by atoms with van der Waals surface area (Å²) in [5, 5.41) is 2.77. The number of furan rings is 1. The van der Waals surface area contributed by atoms with Crippen LogP contribution in [-0.4, -0.2) is 5.91 Å². The van der Waals surface area contributed by atoms with Crippen LogP contribution < -0.4 is 5.32 Å². The average molecular weight is 250 g/mol. The van der Waals surface area contributed by atoms with E-state index in [4.69, 9.17) is 16.0 Å². The minimum atomic E-state index is -0.123. The van der Waals surface area contributed by atoms with Crippen LogP contribution in [0.25, 0.3) is 0 Å². The van der Waals surface area contributed by atoms with E-state index < -0.39 is 0 Å². The minimum Gasteiger partial charge on any atom is -0.467 e. The normalized spacial score (nSPS) is 10.2. The summed E-state index contributed by atoms with van der Waals surface area (Å²) in [4.78, 5) is 11.8. The molecule has 0 bridgehead atoms. The number of amides is 1. The number of hydrogen-bond acceptors (Lipinski definition) is 2. The van der Waals surface area contributed by atoms with Gasteiger partial charge in [0.1, 0.15) is 5.76 Å². The lowest BCUT2D eigenvalue weighted by molar-refractivity contribution is 0.0948. The first kappa shape index (κ1) is 11.7. The van der Waals surface area contributed by atoms with Crippen molar-refractivity contribution in [1.82, 2.24) is 5.32 Å². The summed E-state index contributed by atoms with van der Waals surface area (Å²) < 4.78 is 5.12. The second-order valence-corrected chi connectivity index (χ2v) is 3.86. The topological polar surface area (TPSA) is 42.2 Å². The molecule has 0 unspecified atom stereocenters. The third kappa shape index (κ3) is 3.11. The van der Waals surface area contributed by atoms with E-state index >= 15 is 0 Å². The second-order valence-electron chi connectivity index (χ2n) is 3.59. The molecule has 3 nitrogen and oxygen atoms in total. The smallest absolute Gasteiger partial charge is 0.251 e. The van der Waals surface area contributed by atoms with Crippen molar-refractivity contribution in [2.45, 2.75) is 12.4 Å². The minimum absolute atomic E-state index is 0.123. The van der Waals surface area contributed by atoms with Gasteiger partial charge < -0.3 is 9.73 Å². The maximum atomic E-state index is 11.8. The van der Waals surface area contributed by atoms with Gasteiger partial charge in [0, 0.05) is 11.4 Å². The van der Waals surface area contributed by atoms with E-state index in [9.17, 15) is 4.79 Å². The van der Waals surface area contributed by atoms with Gasteiger partial charge in [-0.15, -0.1) is 11.6 Å². The molecule has 2 rings (SSSR count). The molecule has 0 radical (unpaired) electrons. The van der Waals surface area contributed by atoms with Gasteiger partial charge in [-0.3, -0.25) is 4.79 Å². The Morgan fingerprint density at radius 2 is 2.00 bits per heavy atom. The summed E-state index contributed by atoms with van der Waals surface area (Å²) in [6.07, 6.45) is 1.58. The number of hydrogen-bond donors (Lipinski definition) is 1. The van der Waals surface area contributed by atoms with E-state index in [-0.39, 0.29) is 5.91 Å². The van der Waals surface area contributed by atoms with Gasteiger partial charge in [0.05, 0.1) is 12.8 Å². The van der Waals surface area contributed by atoms with Crippen LogP contribution in [0.5, 0.6) is 0 Å². The first-order valence-corrected chi connectivity index (χ1v) is 5.78. The molecule has 0 aliphatic rings. The Labute approximate surface area is 104 Å². The lowest BCUT2D eigenvalue weighted by atomic mass is 10.1. The molecule has 1 N–H and O–H groups in total. The zero-order valence-electron chi connectivity index (χ0n) is 9.15. The standard InChI is InChI=1S/C13H12ClNO2/c14-8-10-3-5-11(6-4-10)13(16)15-9-12-2-1-7-17-12/h1-7H,8-9H2,(H,15,16). The van der Waals surface area contributed by atoms with E-state index in [1.807, 2.05) is 18.2 Å². The molecule has 1 amide bonds. The van der Waals surface area contributed by atoms with E-state index in [0.29, 0.717) is 18.0 Å². The van der Waals surface area contributed by atoms with E-state index in [0.717, 1.165) is 11.3 Å². The number of carbonyl (C=O) groups excluding carboxylic acids is 1. The van der Waals surface area contributed by atoms with Crippen LogP contribution in [-0.2, 0) is 12.4 Å². The molecule has 88 valence electrons. The van der Waals surface area contributed by atoms with Gasteiger partial charge in [0.15, 0.2) is 0 Å². The summed E-state index contributed by atoms with van der Waals surface area (Å²) in [5.41, 5.74) is 1.61. The highest BCUT2D eigenvalue weighted by atomic mass is 35.5. The molecule has 4 heteroatoms. The lowest BCUT2D eigenvalue weighted by Crippen LogP contribution is -2.22. The predicted octanol–water partition coefficient (Wildman–Crippen LogP) is 2.95. The van der Waals surface area contributed by atoms with Crippen molar-refractivity contribution in [3.63, 3.8) is 0 Å². The quantitative estimate of drug-likeness (QED) is 0.847. The van der Waals surface area contributed by atoms with Gasteiger partial charge in [-0.2, -0.15) is 0 Å². The Hall–Kier alpha value is -1.74. The van der Waals surface area contributed by atoms with Gasteiger partial charge in [-0.25, -0.2) is 0 Å². The van der Waals surface area contributed by atoms with Gasteiger partial charge in [0.2, 0.25) is 0 Å². The Balaban J connectivity index is 1.95. The van der Waals surface area contributed by atoms with Crippen molar-refractivity contribution in [2.75, 3.05) is 0 Å². The SMILES string of the molecule is O=C(NCc1ccco1)c1ccc(CCl)cc1. The fourth-order valence-electron chi connectivity index (χ4n) is 1.43. The molecule has 0 atom stereocenters. The summed E-state index contributed by atoms with van der Waals surface area (Å²) in [6, 6.07) is 10.8. The maximum Gasteiger partial charge on any atom is 0.251 e. The Morgan fingerprint density at radius 3 is 2.59 bits per heavy atom. The first-order chi connectivity index (χ1) is 8.29. The highest BCUT2D eigenvalue weighted by molar-refractivity contribution is 6.17. The zero-order valence-corrected chi connectivity index (χ0v) is 9.91. The Bertz CT molecular complexity index is 477. The van der Waals surface area contributed by atoms with Crippen molar-refractivity contribution >= 4 is 17.5 Å². The number of benzene rings is 1. The number of halogens is 1. The molecule has 1 aromatic heterocycles. The van der Waals surface area contributed by atoms with Gasteiger partial charge in [-0.1, -0.05) is 12.1 Å². The molecular weight excluding hydrogens is 238 g/mol. The molecule has 1 heterocycles. The predicted molar refractivity (Wildman–Crippen MR) is 65.9 cm³/mol. The van der Waals surface area contributed by atoms with E-state index in [1.54, 1.807) is 24.5 Å². The maximum absolute atomic E-state index is 11.8. The van der Waals surface area contributed by atoms with Gasteiger partial charge in [-0.05, 0) is 29.8 Å². The molecule has 17 heavy (non-hydrogen) atoms. The molecule has 0 saturated heterocycles. The third-order valence-corrected chi connectivity index (χ3v) is 2.68. The van der Waals surface area contributed by atoms with Crippen LogP contribution in [0.15, 0.2) is 47.1 Å². The number of carbonyl (C=O) groups is 1. The molecule has 0 spiro atoms. The van der Waals surface area contributed by atoms with E-state index in [2.05, 4.69) is 5.32 Å². The molecule has 2 aromatic rings. The molecule has 0 fully saturated rings. The van der Waals surface area contributed by atoms with Crippen LogP contribution in [0.3, 0.4) is 0 Å². The Kier molecular flexibility index (Phi) is 3.83.